The Hall–Kier alpha value is -0.970. The third-order valence-electron chi connectivity index (χ3n) is 4.09. The summed E-state index contributed by atoms with van der Waals surface area (Å²) in [6.07, 6.45) is 7.73. The Kier molecular flexibility index (Phi) is 4.91. The molecule has 0 saturated heterocycles. The summed E-state index contributed by atoms with van der Waals surface area (Å²) in [6.45, 7) is 4.77. The smallest absolute Gasteiger partial charge is 0.0889 e. The monoisotopic (exact) mass is 263 g/mol. The summed E-state index contributed by atoms with van der Waals surface area (Å²) in [5.41, 5.74) is 4.92. The molecule has 1 aromatic heterocycles. The van der Waals surface area contributed by atoms with Crippen LogP contribution in [0.1, 0.15) is 56.3 Å². The van der Waals surface area contributed by atoms with Gasteiger partial charge < -0.3 is 4.74 Å². The molecule has 1 aliphatic carbocycles. The van der Waals surface area contributed by atoms with Crippen LogP contribution in [0, 0.1) is 6.92 Å². The van der Waals surface area contributed by atoms with Crippen molar-refractivity contribution in [2.75, 3.05) is 6.61 Å². The highest BCUT2D eigenvalue weighted by molar-refractivity contribution is 5.21. The SMILES string of the molecule is CCOC1(C(NN)c2ccc(C)nc2)CCCCC1. The molecule has 19 heavy (non-hydrogen) atoms. The molecule has 0 aliphatic heterocycles. The minimum Gasteiger partial charge on any atom is -0.373 e. The van der Waals surface area contributed by atoms with Crippen LogP contribution in [-0.4, -0.2) is 17.2 Å². The zero-order valence-electron chi connectivity index (χ0n) is 12.0. The maximum Gasteiger partial charge on any atom is 0.0889 e. The summed E-state index contributed by atoms with van der Waals surface area (Å²) in [7, 11) is 0. The van der Waals surface area contributed by atoms with Crippen LogP contribution >= 0.6 is 0 Å². The van der Waals surface area contributed by atoms with Crippen LogP contribution in [0.3, 0.4) is 0 Å². The van der Waals surface area contributed by atoms with Crippen molar-refractivity contribution in [2.24, 2.45) is 5.84 Å². The van der Waals surface area contributed by atoms with E-state index < -0.39 is 0 Å². The quantitative estimate of drug-likeness (QED) is 0.633. The van der Waals surface area contributed by atoms with Gasteiger partial charge in [0.05, 0.1) is 11.6 Å². The van der Waals surface area contributed by atoms with Gasteiger partial charge in [0, 0.05) is 18.5 Å². The molecule has 2 rings (SSSR count). The van der Waals surface area contributed by atoms with Crippen LogP contribution < -0.4 is 11.3 Å². The summed E-state index contributed by atoms with van der Waals surface area (Å²) in [5.74, 6) is 5.83. The highest BCUT2D eigenvalue weighted by atomic mass is 16.5. The van der Waals surface area contributed by atoms with Gasteiger partial charge in [-0.15, -0.1) is 0 Å². The van der Waals surface area contributed by atoms with Crippen molar-refractivity contribution < 1.29 is 4.74 Å². The second-order valence-electron chi connectivity index (χ2n) is 5.39. The van der Waals surface area contributed by atoms with E-state index in [2.05, 4.69) is 23.4 Å². The van der Waals surface area contributed by atoms with Crippen molar-refractivity contribution in [3.05, 3.63) is 29.6 Å². The third-order valence-corrected chi connectivity index (χ3v) is 4.09. The lowest BCUT2D eigenvalue weighted by molar-refractivity contribution is -0.0914. The molecule has 106 valence electrons. The van der Waals surface area contributed by atoms with E-state index in [1.54, 1.807) is 0 Å². The number of nitrogens with one attached hydrogen (secondary N) is 1. The highest BCUT2D eigenvalue weighted by Gasteiger charge is 2.41. The standard InChI is InChI=1S/C15H25N3O/c1-3-19-15(9-5-4-6-10-15)14(18-16)13-8-7-12(2)17-11-13/h7-8,11,14,18H,3-6,9-10,16H2,1-2H3. The number of ether oxygens (including phenoxy) is 1. The van der Waals surface area contributed by atoms with E-state index in [1.807, 2.05) is 19.2 Å². The molecule has 0 radical (unpaired) electrons. The van der Waals surface area contributed by atoms with Crippen molar-refractivity contribution in [1.82, 2.24) is 10.4 Å². The fourth-order valence-electron chi connectivity index (χ4n) is 3.16. The van der Waals surface area contributed by atoms with E-state index in [4.69, 9.17) is 10.6 Å². The molecule has 1 fully saturated rings. The Morgan fingerprint density at radius 3 is 2.63 bits per heavy atom. The van der Waals surface area contributed by atoms with Gasteiger partial charge in [0.15, 0.2) is 0 Å². The van der Waals surface area contributed by atoms with Gasteiger partial charge in [0.25, 0.3) is 0 Å². The molecular formula is C15H25N3O. The first-order chi connectivity index (χ1) is 9.22. The van der Waals surface area contributed by atoms with Gasteiger partial charge >= 0.3 is 0 Å². The van der Waals surface area contributed by atoms with Gasteiger partial charge in [-0.25, -0.2) is 0 Å². The number of hydrogen-bond donors (Lipinski definition) is 2. The first kappa shape index (κ1) is 14.4. The Balaban J connectivity index is 2.28. The normalized spacial score (nSPS) is 20.2. The molecule has 0 aromatic carbocycles. The summed E-state index contributed by atoms with van der Waals surface area (Å²) >= 11 is 0. The van der Waals surface area contributed by atoms with Crippen molar-refractivity contribution in [3.63, 3.8) is 0 Å². The van der Waals surface area contributed by atoms with Crippen LogP contribution in [0.15, 0.2) is 18.3 Å². The summed E-state index contributed by atoms with van der Waals surface area (Å²) in [4.78, 5) is 4.38. The van der Waals surface area contributed by atoms with E-state index in [1.165, 1.54) is 19.3 Å². The lowest BCUT2D eigenvalue weighted by atomic mass is 9.77. The Bertz CT molecular complexity index is 379. The fourth-order valence-corrected chi connectivity index (χ4v) is 3.16. The van der Waals surface area contributed by atoms with Crippen LogP contribution in [0.25, 0.3) is 0 Å². The number of rotatable bonds is 5. The predicted molar refractivity (Wildman–Crippen MR) is 76.5 cm³/mol. The van der Waals surface area contributed by atoms with Gasteiger partial charge in [-0.3, -0.25) is 16.3 Å². The number of hydrazine groups is 1. The number of nitrogens with zero attached hydrogens (tertiary/aromatic N) is 1. The van der Waals surface area contributed by atoms with Gasteiger partial charge in [-0.2, -0.15) is 0 Å². The van der Waals surface area contributed by atoms with Crippen LogP contribution in [0.2, 0.25) is 0 Å². The van der Waals surface area contributed by atoms with Crippen molar-refractivity contribution in [3.8, 4) is 0 Å². The van der Waals surface area contributed by atoms with Gasteiger partial charge in [-0.05, 0) is 38.3 Å². The molecule has 0 bridgehead atoms. The van der Waals surface area contributed by atoms with E-state index in [9.17, 15) is 0 Å². The van der Waals surface area contributed by atoms with E-state index in [0.717, 1.165) is 30.7 Å². The number of nitrogens with two attached hydrogens (primary N) is 1. The van der Waals surface area contributed by atoms with Crippen molar-refractivity contribution >= 4 is 0 Å². The van der Waals surface area contributed by atoms with Crippen LogP contribution in [0.5, 0.6) is 0 Å². The number of aryl methyl sites for hydroxylation is 1. The lowest BCUT2D eigenvalue weighted by Crippen LogP contribution is -2.49. The average molecular weight is 263 g/mol. The summed E-state index contributed by atoms with van der Waals surface area (Å²) < 4.78 is 6.14. The maximum atomic E-state index is 6.14. The molecule has 1 aliphatic rings. The second-order valence-corrected chi connectivity index (χ2v) is 5.39. The number of aromatic nitrogens is 1. The predicted octanol–water partition coefficient (Wildman–Crippen LogP) is 2.63. The lowest BCUT2D eigenvalue weighted by Gasteiger charge is -2.43. The Labute approximate surface area is 115 Å². The maximum absolute atomic E-state index is 6.14. The van der Waals surface area contributed by atoms with E-state index in [-0.39, 0.29) is 11.6 Å². The molecule has 0 spiro atoms. The highest BCUT2D eigenvalue weighted by Crippen LogP contribution is 2.41. The van der Waals surface area contributed by atoms with Gasteiger partial charge in [-0.1, -0.05) is 25.3 Å². The largest absolute Gasteiger partial charge is 0.373 e. The molecule has 1 heterocycles. The topological polar surface area (TPSA) is 60.2 Å². The Morgan fingerprint density at radius 2 is 2.11 bits per heavy atom. The minimum absolute atomic E-state index is 0.0147. The zero-order chi connectivity index (χ0) is 13.7. The molecule has 1 atom stereocenters. The molecule has 1 aromatic rings. The van der Waals surface area contributed by atoms with Crippen molar-refractivity contribution in [1.29, 1.82) is 0 Å². The molecule has 4 nitrogen and oxygen atoms in total. The van der Waals surface area contributed by atoms with E-state index >= 15 is 0 Å². The Morgan fingerprint density at radius 1 is 1.37 bits per heavy atom. The average Bonchev–Trinajstić information content (AvgIpc) is 2.43. The molecular weight excluding hydrogens is 238 g/mol. The van der Waals surface area contributed by atoms with E-state index in [0.29, 0.717) is 0 Å². The summed E-state index contributed by atoms with van der Waals surface area (Å²) in [5, 5.41) is 0. The van der Waals surface area contributed by atoms with Crippen LogP contribution in [-0.2, 0) is 4.74 Å². The zero-order valence-corrected chi connectivity index (χ0v) is 12.0. The van der Waals surface area contributed by atoms with Crippen molar-refractivity contribution in [2.45, 2.75) is 57.6 Å². The van der Waals surface area contributed by atoms with Gasteiger partial charge in [0.1, 0.15) is 0 Å². The fraction of sp³-hybridized carbons (Fsp3) is 0.667. The molecule has 1 saturated carbocycles. The second kappa shape index (κ2) is 6.46. The first-order valence-corrected chi connectivity index (χ1v) is 7.24. The molecule has 1 unspecified atom stereocenters. The minimum atomic E-state index is -0.182. The van der Waals surface area contributed by atoms with Crippen LogP contribution in [0.4, 0.5) is 0 Å². The first-order valence-electron chi connectivity index (χ1n) is 7.24. The summed E-state index contributed by atoms with van der Waals surface area (Å²) in [6, 6.07) is 4.14. The van der Waals surface area contributed by atoms with Gasteiger partial charge in [0.2, 0.25) is 0 Å². The molecule has 0 amide bonds. The number of pyridine rings is 1. The number of hydrogen-bond acceptors (Lipinski definition) is 4. The molecule has 3 N–H and O–H groups in total. The third kappa shape index (κ3) is 3.14. The molecule has 4 heteroatoms.